The summed E-state index contributed by atoms with van der Waals surface area (Å²) in [6.07, 6.45) is 0.939. The second kappa shape index (κ2) is 6.76. The Hall–Kier alpha value is -0.530. The Bertz CT molecular complexity index is 556. The van der Waals surface area contributed by atoms with Gasteiger partial charge in [0.2, 0.25) is 0 Å². The molecule has 0 amide bonds. The van der Waals surface area contributed by atoms with E-state index in [2.05, 4.69) is 27.9 Å². The molecule has 0 radical (unpaired) electrons. The monoisotopic (exact) mass is 393 g/mol. The smallest absolute Gasteiger partial charge is 0.163 e. The van der Waals surface area contributed by atoms with E-state index in [-0.39, 0.29) is 6.04 Å². The van der Waals surface area contributed by atoms with Gasteiger partial charge in [0, 0.05) is 5.56 Å². The van der Waals surface area contributed by atoms with Gasteiger partial charge in [0.1, 0.15) is 0 Å². The SMILES string of the molecule is CCCNC(c1csc(I)c1)c1cccc(F)c1F. The zero-order chi connectivity index (χ0) is 13.8. The number of hydrogen-bond donors (Lipinski definition) is 1. The first-order valence-corrected chi connectivity index (χ1v) is 8.00. The summed E-state index contributed by atoms with van der Waals surface area (Å²) in [5, 5.41) is 5.27. The van der Waals surface area contributed by atoms with Crippen LogP contribution in [0.4, 0.5) is 8.78 Å². The fraction of sp³-hybridized carbons (Fsp3) is 0.286. The molecule has 0 aliphatic heterocycles. The Labute approximate surface area is 129 Å². The van der Waals surface area contributed by atoms with Crippen molar-refractivity contribution in [3.63, 3.8) is 0 Å². The van der Waals surface area contributed by atoms with Crippen LogP contribution < -0.4 is 5.32 Å². The normalized spacial score (nSPS) is 12.6. The molecule has 0 saturated heterocycles. The van der Waals surface area contributed by atoms with Crippen molar-refractivity contribution >= 4 is 33.9 Å². The van der Waals surface area contributed by atoms with E-state index in [1.54, 1.807) is 23.5 Å². The lowest BCUT2D eigenvalue weighted by molar-refractivity contribution is 0.480. The number of halogens is 3. The summed E-state index contributed by atoms with van der Waals surface area (Å²) in [7, 11) is 0. The van der Waals surface area contributed by atoms with Gasteiger partial charge in [0.25, 0.3) is 0 Å². The van der Waals surface area contributed by atoms with E-state index in [1.807, 2.05) is 18.4 Å². The molecule has 5 heteroatoms. The maximum Gasteiger partial charge on any atom is 0.163 e. The van der Waals surface area contributed by atoms with Gasteiger partial charge >= 0.3 is 0 Å². The minimum absolute atomic E-state index is 0.296. The van der Waals surface area contributed by atoms with Gasteiger partial charge < -0.3 is 5.32 Å². The van der Waals surface area contributed by atoms with Crippen LogP contribution in [0, 0.1) is 14.5 Å². The molecule has 1 aromatic carbocycles. The molecule has 1 nitrogen and oxygen atoms in total. The summed E-state index contributed by atoms with van der Waals surface area (Å²) in [6, 6.07) is 6.04. The van der Waals surface area contributed by atoms with Crippen LogP contribution in [0.5, 0.6) is 0 Å². The van der Waals surface area contributed by atoms with Gasteiger partial charge in [-0.25, -0.2) is 8.78 Å². The van der Waals surface area contributed by atoms with E-state index >= 15 is 0 Å². The Balaban J connectivity index is 2.39. The second-order valence-electron chi connectivity index (χ2n) is 4.21. The summed E-state index contributed by atoms with van der Waals surface area (Å²) in [5.74, 6) is -1.57. The molecular formula is C14H14F2INS. The quantitative estimate of drug-likeness (QED) is 0.725. The fourth-order valence-corrected chi connectivity index (χ4v) is 3.31. The third kappa shape index (κ3) is 3.52. The lowest BCUT2D eigenvalue weighted by atomic mass is 10.0. The van der Waals surface area contributed by atoms with Crippen molar-refractivity contribution in [3.8, 4) is 0 Å². The van der Waals surface area contributed by atoms with Crippen LogP contribution in [0.25, 0.3) is 0 Å². The number of benzene rings is 1. The average molecular weight is 393 g/mol. The standard InChI is InChI=1S/C14H14F2INS/c1-2-6-18-14(9-7-12(17)19-8-9)10-4-3-5-11(15)13(10)16/h3-5,7-8,14,18H,2,6H2,1H3. The van der Waals surface area contributed by atoms with Crippen molar-refractivity contribution < 1.29 is 8.78 Å². The Morgan fingerprint density at radius 2 is 2.16 bits per heavy atom. The van der Waals surface area contributed by atoms with Crippen LogP contribution in [0.2, 0.25) is 0 Å². The highest BCUT2D eigenvalue weighted by Crippen LogP contribution is 2.29. The van der Waals surface area contributed by atoms with E-state index in [0.29, 0.717) is 5.56 Å². The first-order valence-electron chi connectivity index (χ1n) is 6.04. The number of rotatable bonds is 5. The highest BCUT2D eigenvalue weighted by Gasteiger charge is 2.20. The summed E-state index contributed by atoms with van der Waals surface area (Å²) >= 11 is 3.83. The third-order valence-corrected chi connectivity index (χ3v) is 4.62. The molecule has 2 rings (SSSR count). The summed E-state index contributed by atoms with van der Waals surface area (Å²) in [5.41, 5.74) is 1.34. The van der Waals surface area contributed by atoms with Crippen LogP contribution >= 0.6 is 33.9 Å². The number of thiophene rings is 1. The van der Waals surface area contributed by atoms with Crippen LogP contribution in [-0.2, 0) is 0 Å². The van der Waals surface area contributed by atoms with Gasteiger partial charge in [-0.1, -0.05) is 19.1 Å². The molecule has 19 heavy (non-hydrogen) atoms. The first kappa shape index (κ1) is 14.9. The minimum atomic E-state index is -0.800. The van der Waals surface area contributed by atoms with Gasteiger partial charge in [0.15, 0.2) is 11.6 Å². The fourth-order valence-electron chi connectivity index (χ4n) is 1.91. The summed E-state index contributed by atoms with van der Waals surface area (Å²) in [6.45, 7) is 2.80. The van der Waals surface area contributed by atoms with Crippen molar-refractivity contribution in [2.24, 2.45) is 0 Å². The molecule has 0 fully saturated rings. The van der Waals surface area contributed by atoms with Crippen LogP contribution in [0.3, 0.4) is 0 Å². The van der Waals surface area contributed by atoms with Gasteiger partial charge in [-0.05, 0) is 58.6 Å². The minimum Gasteiger partial charge on any atom is -0.306 e. The molecule has 2 aromatic rings. The molecule has 1 N–H and O–H groups in total. The molecule has 1 unspecified atom stereocenters. The third-order valence-electron chi connectivity index (χ3n) is 2.81. The van der Waals surface area contributed by atoms with E-state index in [9.17, 15) is 8.78 Å². The molecule has 0 saturated carbocycles. The molecule has 0 spiro atoms. The van der Waals surface area contributed by atoms with Crippen LogP contribution in [-0.4, -0.2) is 6.54 Å². The number of nitrogens with one attached hydrogen (secondary N) is 1. The molecule has 1 heterocycles. The van der Waals surface area contributed by atoms with E-state index in [0.717, 1.165) is 27.5 Å². The van der Waals surface area contributed by atoms with E-state index < -0.39 is 11.6 Å². The van der Waals surface area contributed by atoms with Crippen molar-refractivity contribution in [2.75, 3.05) is 6.54 Å². The Kier molecular flexibility index (Phi) is 5.29. The molecule has 1 aromatic heterocycles. The maximum absolute atomic E-state index is 14.0. The molecule has 0 bridgehead atoms. The van der Waals surface area contributed by atoms with Crippen LogP contribution in [0.1, 0.15) is 30.5 Å². The largest absolute Gasteiger partial charge is 0.306 e. The maximum atomic E-state index is 14.0. The Morgan fingerprint density at radius 1 is 1.37 bits per heavy atom. The Morgan fingerprint density at radius 3 is 2.79 bits per heavy atom. The first-order chi connectivity index (χ1) is 9.13. The van der Waals surface area contributed by atoms with Gasteiger partial charge in [0.05, 0.1) is 8.93 Å². The van der Waals surface area contributed by atoms with E-state index in [4.69, 9.17) is 0 Å². The van der Waals surface area contributed by atoms with Gasteiger partial charge in [-0.2, -0.15) is 0 Å². The van der Waals surface area contributed by atoms with Crippen LogP contribution in [0.15, 0.2) is 29.6 Å². The second-order valence-corrected chi connectivity index (χ2v) is 7.02. The molecule has 0 aliphatic carbocycles. The molecular weight excluding hydrogens is 379 g/mol. The van der Waals surface area contributed by atoms with Crippen molar-refractivity contribution in [1.29, 1.82) is 0 Å². The lowest BCUT2D eigenvalue weighted by Crippen LogP contribution is -2.24. The van der Waals surface area contributed by atoms with E-state index in [1.165, 1.54) is 0 Å². The predicted octanol–water partition coefficient (Wildman–Crippen LogP) is 4.72. The summed E-state index contributed by atoms with van der Waals surface area (Å²) < 4.78 is 28.5. The van der Waals surface area contributed by atoms with Gasteiger partial charge in [-0.15, -0.1) is 11.3 Å². The predicted molar refractivity (Wildman–Crippen MR) is 83.5 cm³/mol. The summed E-state index contributed by atoms with van der Waals surface area (Å²) in [4.78, 5) is 0. The topological polar surface area (TPSA) is 12.0 Å². The zero-order valence-corrected chi connectivity index (χ0v) is 13.4. The average Bonchev–Trinajstić information content (AvgIpc) is 2.81. The molecule has 102 valence electrons. The zero-order valence-electron chi connectivity index (χ0n) is 10.4. The van der Waals surface area contributed by atoms with Gasteiger partial charge in [-0.3, -0.25) is 0 Å². The van der Waals surface area contributed by atoms with Crippen molar-refractivity contribution in [3.05, 3.63) is 55.3 Å². The molecule has 0 aliphatic rings. The van der Waals surface area contributed by atoms with Crippen molar-refractivity contribution in [2.45, 2.75) is 19.4 Å². The number of hydrogen-bond acceptors (Lipinski definition) is 2. The highest BCUT2D eigenvalue weighted by molar-refractivity contribution is 14.1. The lowest BCUT2D eigenvalue weighted by Gasteiger charge is -2.19. The van der Waals surface area contributed by atoms with Crippen molar-refractivity contribution in [1.82, 2.24) is 5.32 Å². The highest BCUT2D eigenvalue weighted by atomic mass is 127. The molecule has 1 atom stereocenters.